The van der Waals surface area contributed by atoms with Crippen LogP contribution in [0, 0.1) is 0 Å². The predicted octanol–water partition coefficient (Wildman–Crippen LogP) is 2.45. The number of carbonyl (C=O) groups excluding carboxylic acids is 1. The topological polar surface area (TPSA) is 58.4 Å². The molecule has 1 amide bonds. The number of thiophene rings is 1. The van der Waals surface area contributed by atoms with Gasteiger partial charge < -0.3 is 16.0 Å². The first-order valence-corrected chi connectivity index (χ1v) is 6.83. The van der Waals surface area contributed by atoms with Crippen LogP contribution in [0.5, 0.6) is 0 Å². The molecule has 0 aliphatic carbocycles. The van der Waals surface area contributed by atoms with Gasteiger partial charge in [-0.25, -0.2) is 0 Å². The van der Waals surface area contributed by atoms with E-state index in [0.29, 0.717) is 0 Å². The summed E-state index contributed by atoms with van der Waals surface area (Å²) in [6.45, 7) is 0. The molecule has 2 rings (SSSR count). The molecule has 2 aromatic rings. The van der Waals surface area contributed by atoms with E-state index in [0.717, 1.165) is 16.3 Å². The molecule has 5 heteroatoms. The van der Waals surface area contributed by atoms with Crippen LogP contribution in [0.3, 0.4) is 0 Å². The van der Waals surface area contributed by atoms with Crippen LogP contribution < -0.4 is 16.0 Å². The van der Waals surface area contributed by atoms with Crippen LogP contribution in [0.25, 0.3) is 0 Å². The van der Waals surface area contributed by atoms with Gasteiger partial charge in [-0.05, 0) is 35.7 Å². The highest BCUT2D eigenvalue weighted by molar-refractivity contribution is 7.10. The number of benzene rings is 1. The van der Waals surface area contributed by atoms with Crippen molar-refractivity contribution < 1.29 is 4.79 Å². The second-order valence-corrected chi connectivity index (χ2v) is 5.40. The maximum Gasteiger partial charge on any atom is 0.246 e. The standard InChI is InChI=1S/C14H17N3OS/c1-17(2)11-7-5-10(6-8-11)16-14(18)13(15)12-4-3-9-19-12/h3-9,13H,15H2,1-2H3,(H,16,18). The van der Waals surface area contributed by atoms with Gasteiger partial charge in [-0.2, -0.15) is 0 Å². The lowest BCUT2D eigenvalue weighted by Crippen LogP contribution is -2.26. The van der Waals surface area contributed by atoms with E-state index in [1.807, 2.05) is 60.8 Å². The van der Waals surface area contributed by atoms with Gasteiger partial charge in [-0.1, -0.05) is 6.07 Å². The number of carbonyl (C=O) groups is 1. The van der Waals surface area contributed by atoms with Crippen molar-refractivity contribution in [3.8, 4) is 0 Å². The Balaban J connectivity index is 2.02. The lowest BCUT2D eigenvalue weighted by atomic mass is 10.2. The monoisotopic (exact) mass is 275 g/mol. The summed E-state index contributed by atoms with van der Waals surface area (Å²) in [5.74, 6) is -0.194. The van der Waals surface area contributed by atoms with Gasteiger partial charge >= 0.3 is 0 Å². The highest BCUT2D eigenvalue weighted by Gasteiger charge is 2.16. The third-order valence-electron chi connectivity index (χ3n) is 2.78. The van der Waals surface area contributed by atoms with Crippen LogP contribution in [0.1, 0.15) is 10.9 Å². The fraction of sp³-hybridized carbons (Fsp3) is 0.214. The molecule has 1 atom stereocenters. The number of hydrogen-bond donors (Lipinski definition) is 2. The number of hydrogen-bond acceptors (Lipinski definition) is 4. The van der Waals surface area contributed by atoms with Crippen molar-refractivity contribution in [2.24, 2.45) is 5.73 Å². The van der Waals surface area contributed by atoms with Gasteiger partial charge in [-0.15, -0.1) is 11.3 Å². The Labute approximate surface area is 116 Å². The molecule has 0 bridgehead atoms. The molecule has 4 nitrogen and oxygen atoms in total. The zero-order chi connectivity index (χ0) is 13.8. The van der Waals surface area contributed by atoms with E-state index in [4.69, 9.17) is 5.73 Å². The van der Waals surface area contributed by atoms with Crippen molar-refractivity contribution in [2.45, 2.75) is 6.04 Å². The third-order valence-corrected chi connectivity index (χ3v) is 3.74. The van der Waals surface area contributed by atoms with Gasteiger partial charge in [0.1, 0.15) is 6.04 Å². The minimum atomic E-state index is -0.617. The molecule has 1 aromatic carbocycles. The average molecular weight is 275 g/mol. The Morgan fingerprint density at radius 3 is 2.47 bits per heavy atom. The lowest BCUT2D eigenvalue weighted by Gasteiger charge is -2.14. The lowest BCUT2D eigenvalue weighted by molar-refractivity contribution is -0.117. The summed E-state index contributed by atoms with van der Waals surface area (Å²) in [6.07, 6.45) is 0. The number of amides is 1. The Bertz CT molecular complexity index is 534. The summed E-state index contributed by atoms with van der Waals surface area (Å²) >= 11 is 1.48. The molecular weight excluding hydrogens is 258 g/mol. The first-order valence-electron chi connectivity index (χ1n) is 5.95. The van der Waals surface area contributed by atoms with Crippen molar-refractivity contribution in [1.29, 1.82) is 0 Å². The summed E-state index contributed by atoms with van der Waals surface area (Å²) in [5, 5.41) is 4.73. The van der Waals surface area contributed by atoms with Crippen LogP contribution in [-0.2, 0) is 4.79 Å². The zero-order valence-corrected chi connectivity index (χ0v) is 11.8. The van der Waals surface area contributed by atoms with Gasteiger partial charge in [0.2, 0.25) is 5.91 Å². The first kappa shape index (κ1) is 13.6. The van der Waals surface area contributed by atoms with Gasteiger partial charge in [0.15, 0.2) is 0 Å². The van der Waals surface area contributed by atoms with E-state index in [1.165, 1.54) is 11.3 Å². The smallest absolute Gasteiger partial charge is 0.246 e. The molecule has 1 unspecified atom stereocenters. The molecule has 0 aliphatic heterocycles. The fourth-order valence-electron chi connectivity index (χ4n) is 1.66. The van der Waals surface area contributed by atoms with E-state index < -0.39 is 6.04 Å². The molecule has 100 valence electrons. The third kappa shape index (κ3) is 3.33. The second-order valence-electron chi connectivity index (χ2n) is 4.42. The molecule has 1 heterocycles. The Hall–Kier alpha value is -1.85. The van der Waals surface area contributed by atoms with Crippen LogP contribution in [-0.4, -0.2) is 20.0 Å². The van der Waals surface area contributed by atoms with Crippen molar-refractivity contribution in [2.75, 3.05) is 24.3 Å². The maximum atomic E-state index is 12.0. The molecule has 0 aliphatic rings. The van der Waals surface area contributed by atoms with Crippen LogP contribution in [0.2, 0.25) is 0 Å². The van der Waals surface area contributed by atoms with Crippen LogP contribution in [0.15, 0.2) is 41.8 Å². The quantitative estimate of drug-likeness (QED) is 0.901. The second kappa shape index (κ2) is 5.86. The van der Waals surface area contributed by atoms with E-state index >= 15 is 0 Å². The van der Waals surface area contributed by atoms with Crippen LogP contribution in [0.4, 0.5) is 11.4 Å². The van der Waals surface area contributed by atoms with Crippen molar-refractivity contribution >= 4 is 28.6 Å². The highest BCUT2D eigenvalue weighted by atomic mass is 32.1. The minimum Gasteiger partial charge on any atom is -0.378 e. The van der Waals surface area contributed by atoms with Gasteiger partial charge in [0.25, 0.3) is 0 Å². The maximum absolute atomic E-state index is 12.0. The molecule has 0 fully saturated rings. The Morgan fingerprint density at radius 1 is 1.26 bits per heavy atom. The number of rotatable bonds is 4. The van der Waals surface area contributed by atoms with E-state index in [9.17, 15) is 4.79 Å². The Morgan fingerprint density at radius 2 is 1.95 bits per heavy atom. The predicted molar refractivity (Wildman–Crippen MR) is 80.6 cm³/mol. The molecule has 3 N–H and O–H groups in total. The number of nitrogens with one attached hydrogen (secondary N) is 1. The average Bonchev–Trinajstić information content (AvgIpc) is 2.92. The van der Waals surface area contributed by atoms with Gasteiger partial charge in [-0.3, -0.25) is 4.79 Å². The van der Waals surface area contributed by atoms with Gasteiger partial charge in [0, 0.05) is 30.3 Å². The van der Waals surface area contributed by atoms with E-state index in [1.54, 1.807) is 0 Å². The number of nitrogens with zero attached hydrogens (tertiary/aromatic N) is 1. The number of anilines is 2. The number of nitrogens with two attached hydrogens (primary N) is 1. The molecule has 1 aromatic heterocycles. The molecule has 0 spiro atoms. The zero-order valence-electron chi connectivity index (χ0n) is 11.0. The summed E-state index contributed by atoms with van der Waals surface area (Å²) in [6, 6.07) is 10.8. The molecule has 0 saturated heterocycles. The molecule has 0 radical (unpaired) electrons. The SMILES string of the molecule is CN(C)c1ccc(NC(=O)C(N)c2cccs2)cc1. The summed E-state index contributed by atoms with van der Waals surface area (Å²) in [4.78, 5) is 14.9. The molecule has 19 heavy (non-hydrogen) atoms. The minimum absolute atomic E-state index is 0.194. The van der Waals surface area contributed by atoms with Crippen molar-refractivity contribution in [1.82, 2.24) is 0 Å². The van der Waals surface area contributed by atoms with Crippen LogP contribution >= 0.6 is 11.3 Å². The van der Waals surface area contributed by atoms with Crippen molar-refractivity contribution in [3.63, 3.8) is 0 Å². The fourth-order valence-corrected chi connectivity index (χ4v) is 2.39. The summed E-state index contributed by atoms with van der Waals surface area (Å²) < 4.78 is 0. The van der Waals surface area contributed by atoms with E-state index in [-0.39, 0.29) is 5.91 Å². The molecular formula is C14H17N3OS. The largest absolute Gasteiger partial charge is 0.378 e. The first-order chi connectivity index (χ1) is 9.08. The summed E-state index contributed by atoms with van der Waals surface area (Å²) in [5.41, 5.74) is 7.74. The Kier molecular flexibility index (Phi) is 4.19. The summed E-state index contributed by atoms with van der Waals surface area (Å²) in [7, 11) is 3.95. The molecule has 0 saturated carbocycles. The van der Waals surface area contributed by atoms with Gasteiger partial charge in [0.05, 0.1) is 0 Å². The normalized spacial score (nSPS) is 11.9. The highest BCUT2D eigenvalue weighted by Crippen LogP contribution is 2.20. The van der Waals surface area contributed by atoms with Crippen molar-refractivity contribution in [3.05, 3.63) is 46.7 Å². The van der Waals surface area contributed by atoms with E-state index in [2.05, 4.69) is 5.32 Å².